The highest BCUT2D eigenvalue weighted by Gasteiger charge is 2.49. The lowest BCUT2D eigenvalue weighted by atomic mass is 9.78. The van der Waals surface area contributed by atoms with Crippen LogP contribution in [0, 0.1) is 11.2 Å². The fraction of sp³-hybridized carbons (Fsp3) is 0.391. The van der Waals surface area contributed by atoms with Gasteiger partial charge >= 0.3 is 0 Å². The molecule has 0 radical (unpaired) electrons. The van der Waals surface area contributed by atoms with Gasteiger partial charge in [0.2, 0.25) is 11.8 Å². The lowest BCUT2D eigenvalue weighted by Gasteiger charge is -2.39. The summed E-state index contributed by atoms with van der Waals surface area (Å²) in [5.74, 6) is -0.142. The Morgan fingerprint density at radius 2 is 1.83 bits per heavy atom. The maximum absolute atomic E-state index is 13.3. The summed E-state index contributed by atoms with van der Waals surface area (Å²) in [5, 5.41) is 9.92. The maximum atomic E-state index is 13.3. The number of hydrogen-bond acceptors (Lipinski definition) is 3. The van der Waals surface area contributed by atoms with Crippen molar-refractivity contribution in [3.8, 4) is 5.75 Å². The highest BCUT2D eigenvalue weighted by molar-refractivity contribution is 5.86. The number of rotatable bonds is 4. The molecule has 2 amide bonds. The molecule has 5 nitrogen and oxygen atoms in total. The third-order valence-electron chi connectivity index (χ3n) is 6.15. The summed E-state index contributed by atoms with van der Waals surface area (Å²) in [5.41, 5.74) is 0.987. The van der Waals surface area contributed by atoms with Gasteiger partial charge in [0.05, 0.1) is 11.8 Å². The van der Waals surface area contributed by atoms with Crippen LogP contribution in [0.3, 0.4) is 0 Å². The zero-order chi connectivity index (χ0) is 20.4. The minimum Gasteiger partial charge on any atom is -0.508 e. The predicted octanol–water partition coefficient (Wildman–Crippen LogP) is 3.12. The highest BCUT2D eigenvalue weighted by Crippen LogP contribution is 2.40. The lowest BCUT2D eigenvalue weighted by molar-refractivity contribution is -0.146. The second kappa shape index (κ2) is 7.85. The third-order valence-corrected chi connectivity index (χ3v) is 6.15. The van der Waals surface area contributed by atoms with Gasteiger partial charge in [0.15, 0.2) is 0 Å². The maximum Gasteiger partial charge on any atom is 0.230 e. The van der Waals surface area contributed by atoms with E-state index in [1.165, 1.54) is 12.1 Å². The van der Waals surface area contributed by atoms with Crippen LogP contribution < -0.4 is 0 Å². The van der Waals surface area contributed by atoms with E-state index in [9.17, 15) is 19.1 Å². The van der Waals surface area contributed by atoms with Crippen molar-refractivity contribution in [2.45, 2.75) is 32.2 Å². The minimum absolute atomic E-state index is 0.0631. The molecule has 2 aromatic rings. The number of aromatic hydroxyl groups is 1. The fourth-order valence-corrected chi connectivity index (χ4v) is 4.51. The van der Waals surface area contributed by atoms with Crippen LogP contribution in [-0.2, 0) is 22.6 Å². The van der Waals surface area contributed by atoms with E-state index in [2.05, 4.69) is 0 Å². The molecule has 2 aliphatic rings. The van der Waals surface area contributed by atoms with Gasteiger partial charge in [-0.15, -0.1) is 0 Å². The first-order chi connectivity index (χ1) is 14.0. The molecule has 152 valence electrons. The summed E-state index contributed by atoms with van der Waals surface area (Å²) >= 11 is 0. The number of benzene rings is 2. The Hall–Kier alpha value is -2.89. The molecule has 1 N–H and O–H groups in total. The summed E-state index contributed by atoms with van der Waals surface area (Å²) in [6.07, 6.45) is 2.48. The van der Waals surface area contributed by atoms with Gasteiger partial charge in [-0.2, -0.15) is 0 Å². The second-order valence-corrected chi connectivity index (χ2v) is 8.11. The quantitative estimate of drug-likeness (QED) is 0.864. The molecule has 2 aliphatic heterocycles. The van der Waals surface area contributed by atoms with Crippen molar-refractivity contribution in [3.63, 3.8) is 0 Å². The number of phenols is 1. The molecule has 1 spiro atoms. The van der Waals surface area contributed by atoms with E-state index >= 15 is 0 Å². The SMILES string of the molecule is O=C(Cc1ccccc1O)N1CC[C@]2(CCCN(Cc3ccc(F)cc3)C2=O)C1. The van der Waals surface area contributed by atoms with Gasteiger partial charge in [-0.05, 0) is 43.0 Å². The Bertz CT molecular complexity index is 915. The zero-order valence-corrected chi connectivity index (χ0v) is 16.3. The van der Waals surface area contributed by atoms with Gasteiger partial charge in [0.25, 0.3) is 0 Å². The molecule has 29 heavy (non-hydrogen) atoms. The largest absolute Gasteiger partial charge is 0.508 e. The Kier molecular flexibility index (Phi) is 5.26. The van der Waals surface area contributed by atoms with Crippen molar-refractivity contribution in [1.29, 1.82) is 0 Å². The number of para-hydroxylation sites is 1. The molecule has 2 heterocycles. The number of likely N-dealkylation sites (tertiary alicyclic amines) is 2. The highest BCUT2D eigenvalue weighted by atomic mass is 19.1. The van der Waals surface area contributed by atoms with Crippen LogP contribution in [0.5, 0.6) is 5.75 Å². The summed E-state index contributed by atoms with van der Waals surface area (Å²) < 4.78 is 13.1. The van der Waals surface area contributed by atoms with Gasteiger partial charge in [-0.25, -0.2) is 4.39 Å². The average Bonchev–Trinajstić information content (AvgIpc) is 3.14. The van der Waals surface area contributed by atoms with Crippen LogP contribution in [-0.4, -0.2) is 46.4 Å². The van der Waals surface area contributed by atoms with E-state index in [-0.39, 0.29) is 29.8 Å². The van der Waals surface area contributed by atoms with Gasteiger partial charge in [-0.1, -0.05) is 30.3 Å². The molecular formula is C23H25FN2O3. The first kappa shape index (κ1) is 19.4. The van der Waals surface area contributed by atoms with Crippen LogP contribution >= 0.6 is 0 Å². The molecule has 4 rings (SSSR count). The van der Waals surface area contributed by atoms with Crippen LogP contribution in [0.1, 0.15) is 30.4 Å². The fourth-order valence-electron chi connectivity index (χ4n) is 4.51. The smallest absolute Gasteiger partial charge is 0.230 e. The van der Waals surface area contributed by atoms with Crippen molar-refractivity contribution >= 4 is 11.8 Å². The van der Waals surface area contributed by atoms with Crippen molar-refractivity contribution < 1.29 is 19.1 Å². The Labute approximate surface area is 169 Å². The van der Waals surface area contributed by atoms with Crippen molar-refractivity contribution in [3.05, 3.63) is 65.5 Å². The first-order valence-electron chi connectivity index (χ1n) is 10.1. The summed E-state index contributed by atoms with van der Waals surface area (Å²) in [6, 6.07) is 13.1. The topological polar surface area (TPSA) is 60.9 Å². The van der Waals surface area contributed by atoms with Gasteiger partial charge < -0.3 is 14.9 Å². The number of nitrogens with zero attached hydrogens (tertiary/aromatic N) is 2. The Morgan fingerprint density at radius 1 is 1.07 bits per heavy atom. The number of carbonyl (C=O) groups is 2. The van der Waals surface area contributed by atoms with Crippen LogP contribution in [0.4, 0.5) is 4.39 Å². The molecule has 0 bridgehead atoms. The molecule has 2 aromatic carbocycles. The van der Waals surface area contributed by atoms with E-state index in [0.29, 0.717) is 38.2 Å². The summed E-state index contributed by atoms with van der Waals surface area (Å²) in [7, 11) is 0. The molecule has 0 aliphatic carbocycles. The van der Waals surface area contributed by atoms with Gasteiger partial charge in [0, 0.05) is 31.7 Å². The van der Waals surface area contributed by atoms with Crippen LogP contribution in [0.15, 0.2) is 48.5 Å². The van der Waals surface area contributed by atoms with Crippen LogP contribution in [0.25, 0.3) is 0 Å². The number of hydrogen-bond donors (Lipinski definition) is 1. The first-order valence-corrected chi connectivity index (χ1v) is 10.1. The van der Waals surface area contributed by atoms with E-state index in [4.69, 9.17) is 0 Å². The second-order valence-electron chi connectivity index (χ2n) is 8.11. The number of amides is 2. The molecule has 0 aromatic heterocycles. The monoisotopic (exact) mass is 396 g/mol. The molecule has 0 saturated carbocycles. The average molecular weight is 396 g/mol. The van der Waals surface area contributed by atoms with Gasteiger partial charge in [0.1, 0.15) is 11.6 Å². The van der Waals surface area contributed by atoms with E-state index < -0.39 is 5.41 Å². The molecule has 1 atom stereocenters. The van der Waals surface area contributed by atoms with Crippen LogP contribution in [0.2, 0.25) is 0 Å². The standard InChI is InChI=1S/C23H25FN2O3/c24-19-8-6-17(7-9-19)15-25-12-3-10-23(22(25)29)11-13-26(16-23)21(28)14-18-4-1-2-5-20(18)27/h1-2,4-9,27H,3,10-16H2/t23-/m1/s1. The number of carbonyl (C=O) groups excluding carboxylic acids is 2. The number of halogens is 1. The molecule has 0 unspecified atom stereocenters. The summed E-state index contributed by atoms with van der Waals surface area (Å²) in [6.45, 7) is 2.14. The van der Waals surface area contributed by atoms with Gasteiger partial charge in [-0.3, -0.25) is 9.59 Å². The molecule has 2 fully saturated rings. The van der Waals surface area contributed by atoms with Crippen molar-refractivity contribution in [2.75, 3.05) is 19.6 Å². The zero-order valence-electron chi connectivity index (χ0n) is 16.3. The number of phenolic OH excluding ortho intramolecular Hbond substituents is 1. The molecular weight excluding hydrogens is 371 g/mol. The Morgan fingerprint density at radius 3 is 2.59 bits per heavy atom. The predicted molar refractivity (Wildman–Crippen MR) is 106 cm³/mol. The Balaban J connectivity index is 1.43. The normalized spacial score (nSPS) is 21.8. The van der Waals surface area contributed by atoms with E-state index in [1.807, 2.05) is 4.90 Å². The van der Waals surface area contributed by atoms with Crippen molar-refractivity contribution in [1.82, 2.24) is 9.80 Å². The summed E-state index contributed by atoms with van der Waals surface area (Å²) in [4.78, 5) is 29.6. The molecule has 2 saturated heterocycles. The third kappa shape index (κ3) is 3.97. The van der Waals surface area contributed by atoms with Crippen molar-refractivity contribution in [2.24, 2.45) is 5.41 Å². The number of piperidine rings is 1. The van der Waals surface area contributed by atoms with E-state index in [0.717, 1.165) is 18.4 Å². The lowest BCUT2D eigenvalue weighted by Crippen LogP contribution is -2.50. The minimum atomic E-state index is -0.521. The molecule has 6 heteroatoms. The van der Waals surface area contributed by atoms with E-state index in [1.54, 1.807) is 41.3 Å².